The number of thiophene rings is 1. The van der Waals surface area contributed by atoms with Crippen molar-refractivity contribution in [1.82, 2.24) is 25.1 Å². The Labute approximate surface area is 254 Å². The Balaban J connectivity index is 1.22. The number of amides is 2. The number of carbonyl (C=O) groups excluding carboxylic acids is 2. The molecule has 0 unspecified atom stereocenters. The molecule has 2 aromatic heterocycles. The van der Waals surface area contributed by atoms with E-state index < -0.39 is 11.7 Å². The van der Waals surface area contributed by atoms with Crippen molar-refractivity contribution in [1.29, 1.82) is 0 Å². The summed E-state index contributed by atoms with van der Waals surface area (Å²) >= 11 is 2.73. The van der Waals surface area contributed by atoms with Gasteiger partial charge in [0.1, 0.15) is 11.6 Å². The van der Waals surface area contributed by atoms with Crippen molar-refractivity contribution in [2.75, 3.05) is 5.75 Å². The van der Waals surface area contributed by atoms with Gasteiger partial charge in [0.2, 0.25) is 0 Å². The second kappa shape index (κ2) is 12.7. The van der Waals surface area contributed by atoms with Crippen LogP contribution in [0.3, 0.4) is 0 Å². The van der Waals surface area contributed by atoms with Crippen LogP contribution in [-0.2, 0) is 11.3 Å². The highest BCUT2D eigenvalue weighted by Crippen LogP contribution is 2.35. The summed E-state index contributed by atoms with van der Waals surface area (Å²) in [6, 6.07) is 24.7. The lowest BCUT2D eigenvalue weighted by atomic mass is 10.0. The fraction of sp³-hybridized carbons (Fsp3) is 0.129. The van der Waals surface area contributed by atoms with E-state index in [0.29, 0.717) is 17.4 Å². The molecular formula is C31H24F2N6O2S2. The first-order chi connectivity index (χ1) is 21.0. The minimum atomic E-state index is -0.620. The van der Waals surface area contributed by atoms with Gasteiger partial charge in [-0.1, -0.05) is 60.3 Å². The van der Waals surface area contributed by atoms with E-state index in [1.807, 2.05) is 47.8 Å². The molecule has 6 rings (SSSR count). The lowest BCUT2D eigenvalue weighted by Gasteiger charge is -2.22. The van der Waals surface area contributed by atoms with Crippen LogP contribution in [0.1, 0.15) is 39.1 Å². The lowest BCUT2D eigenvalue weighted by molar-refractivity contribution is -0.130. The number of benzene rings is 3. The first-order valence-corrected chi connectivity index (χ1v) is 15.2. The van der Waals surface area contributed by atoms with E-state index in [4.69, 9.17) is 0 Å². The van der Waals surface area contributed by atoms with Crippen molar-refractivity contribution < 1.29 is 18.4 Å². The van der Waals surface area contributed by atoms with Crippen molar-refractivity contribution >= 4 is 40.6 Å². The normalized spacial score (nSPS) is 14.5. The van der Waals surface area contributed by atoms with Gasteiger partial charge in [0.15, 0.2) is 11.0 Å². The van der Waals surface area contributed by atoms with Crippen molar-refractivity contribution in [3.05, 3.63) is 130 Å². The quantitative estimate of drug-likeness (QED) is 0.206. The molecule has 43 heavy (non-hydrogen) atoms. The highest BCUT2D eigenvalue weighted by molar-refractivity contribution is 7.99. The fourth-order valence-corrected chi connectivity index (χ4v) is 6.26. The number of carbonyl (C=O) groups is 2. The van der Waals surface area contributed by atoms with Crippen LogP contribution in [0.15, 0.2) is 107 Å². The zero-order valence-corrected chi connectivity index (χ0v) is 24.2. The molecular weight excluding hydrogens is 591 g/mol. The largest absolute Gasteiger partial charge is 0.345 e. The molecule has 216 valence electrons. The zero-order chi connectivity index (χ0) is 29.8. The van der Waals surface area contributed by atoms with Gasteiger partial charge in [0, 0.05) is 12.1 Å². The van der Waals surface area contributed by atoms with Gasteiger partial charge in [-0.15, -0.1) is 21.5 Å². The summed E-state index contributed by atoms with van der Waals surface area (Å²) in [5, 5.41) is 19.8. The SMILES string of the molecule is O=C(NCc1nnc(SCC(=O)N2N=C(c3cccs3)C[C@@H]2c2ccc(F)cc2)n1-c1ccccc1)c1ccccc1F. The predicted molar refractivity (Wildman–Crippen MR) is 161 cm³/mol. The molecule has 5 aromatic rings. The Morgan fingerprint density at radius 3 is 2.44 bits per heavy atom. The van der Waals surface area contributed by atoms with Gasteiger partial charge in [-0.2, -0.15) is 5.10 Å². The fourth-order valence-electron chi connectivity index (χ4n) is 4.71. The van der Waals surface area contributed by atoms with Crippen molar-refractivity contribution in [3.8, 4) is 5.69 Å². The van der Waals surface area contributed by atoms with Gasteiger partial charge >= 0.3 is 0 Å². The molecule has 3 heterocycles. The van der Waals surface area contributed by atoms with Gasteiger partial charge in [0.05, 0.1) is 34.5 Å². The maximum absolute atomic E-state index is 14.1. The molecule has 1 aliphatic heterocycles. The third-order valence-electron chi connectivity index (χ3n) is 6.79. The maximum atomic E-state index is 14.1. The molecule has 0 fully saturated rings. The Hall–Kier alpha value is -4.68. The number of hydrogen-bond acceptors (Lipinski definition) is 7. The molecule has 0 saturated carbocycles. The summed E-state index contributed by atoms with van der Waals surface area (Å²) in [6.45, 7) is -0.0171. The highest BCUT2D eigenvalue weighted by Gasteiger charge is 2.33. The molecule has 8 nitrogen and oxygen atoms in total. The number of hydrogen-bond donors (Lipinski definition) is 1. The summed E-state index contributed by atoms with van der Waals surface area (Å²) in [5.41, 5.74) is 2.25. The average Bonchev–Trinajstić information content (AvgIpc) is 3.80. The molecule has 1 atom stereocenters. The third-order valence-corrected chi connectivity index (χ3v) is 8.62. The van der Waals surface area contributed by atoms with E-state index in [2.05, 4.69) is 20.6 Å². The lowest BCUT2D eigenvalue weighted by Crippen LogP contribution is -2.28. The number of rotatable bonds is 9. The molecule has 1 aliphatic rings. The number of nitrogens with zero attached hydrogens (tertiary/aromatic N) is 5. The Morgan fingerprint density at radius 2 is 1.70 bits per heavy atom. The van der Waals surface area contributed by atoms with Crippen molar-refractivity contribution in [3.63, 3.8) is 0 Å². The number of aromatic nitrogens is 3. The zero-order valence-electron chi connectivity index (χ0n) is 22.6. The molecule has 0 aliphatic carbocycles. The Morgan fingerprint density at radius 1 is 0.930 bits per heavy atom. The van der Waals surface area contributed by atoms with Crippen molar-refractivity contribution in [2.24, 2.45) is 5.10 Å². The first kappa shape index (κ1) is 28.4. The van der Waals surface area contributed by atoms with Crippen LogP contribution >= 0.6 is 23.1 Å². The number of halogens is 2. The standard InChI is InChI=1S/C31H24F2N6O2S2/c32-21-14-12-20(13-15-21)26-17-25(27-11-6-16-42-27)37-39(26)29(40)19-43-31-36-35-28(38(31)22-7-2-1-3-8-22)18-34-30(41)23-9-4-5-10-24(23)33/h1-16,26H,17-19H2,(H,34,41)/t26-/m1/s1. The molecule has 0 spiro atoms. The monoisotopic (exact) mass is 614 g/mol. The number of hydrazone groups is 1. The molecule has 2 amide bonds. The van der Waals surface area contributed by atoms with E-state index in [9.17, 15) is 18.4 Å². The van der Waals surface area contributed by atoms with E-state index in [1.165, 1.54) is 47.1 Å². The smallest absolute Gasteiger partial charge is 0.254 e. The van der Waals surface area contributed by atoms with Crippen LogP contribution in [0.2, 0.25) is 0 Å². The van der Waals surface area contributed by atoms with Gasteiger partial charge < -0.3 is 5.32 Å². The second-order valence-corrected chi connectivity index (χ2v) is 11.4. The molecule has 12 heteroatoms. The summed E-state index contributed by atoms with van der Waals surface area (Å²) in [4.78, 5) is 27.2. The van der Waals surface area contributed by atoms with E-state index in [-0.39, 0.29) is 35.6 Å². The number of para-hydroxylation sites is 1. The van der Waals surface area contributed by atoms with Gasteiger partial charge in [-0.25, -0.2) is 13.8 Å². The van der Waals surface area contributed by atoms with Gasteiger partial charge in [-0.3, -0.25) is 14.2 Å². The summed E-state index contributed by atoms with van der Waals surface area (Å²) in [7, 11) is 0. The molecule has 0 saturated heterocycles. The summed E-state index contributed by atoms with van der Waals surface area (Å²) in [6.07, 6.45) is 0.509. The predicted octanol–water partition coefficient (Wildman–Crippen LogP) is 6.01. The summed E-state index contributed by atoms with van der Waals surface area (Å²) in [5.74, 6) is -1.38. The van der Waals surface area contributed by atoms with Crippen LogP contribution in [0.4, 0.5) is 8.78 Å². The van der Waals surface area contributed by atoms with Crippen LogP contribution in [-0.4, -0.2) is 43.1 Å². The minimum absolute atomic E-state index is 0.00542. The number of nitrogens with one attached hydrogen (secondary N) is 1. The Bertz CT molecular complexity index is 1780. The van der Waals surface area contributed by atoms with E-state index in [0.717, 1.165) is 21.8 Å². The molecule has 3 aromatic carbocycles. The van der Waals surface area contributed by atoms with Gasteiger partial charge in [0.25, 0.3) is 11.8 Å². The van der Waals surface area contributed by atoms with Crippen LogP contribution in [0, 0.1) is 11.6 Å². The number of thioether (sulfide) groups is 1. The summed E-state index contributed by atoms with van der Waals surface area (Å²) < 4.78 is 29.5. The second-order valence-electron chi connectivity index (χ2n) is 9.55. The Kier molecular flexibility index (Phi) is 8.38. The first-order valence-electron chi connectivity index (χ1n) is 13.3. The van der Waals surface area contributed by atoms with Crippen LogP contribution in [0.5, 0.6) is 0 Å². The maximum Gasteiger partial charge on any atom is 0.254 e. The van der Waals surface area contributed by atoms with Gasteiger partial charge in [-0.05, 0) is 53.4 Å². The van der Waals surface area contributed by atoms with Crippen LogP contribution < -0.4 is 5.32 Å². The van der Waals surface area contributed by atoms with E-state index in [1.54, 1.807) is 34.1 Å². The minimum Gasteiger partial charge on any atom is -0.345 e. The van der Waals surface area contributed by atoms with Crippen LogP contribution in [0.25, 0.3) is 5.69 Å². The highest BCUT2D eigenvalue weighted by atomic mass is 32.2. The average molecular weight is 615 g/mol. The molecule has 0 bridgehead atoms. The third kappa shape index (κ3) is 6.25. The van der Waals surface area contributed by atoms with E-state index >= 15 is 0 Å². The van der Waals surface area contributed by atoms with Crippen molar-refractivity contribution in [2.45, 2.75) is 24.2 Å². The molecule has 1 N–H and O–H groups in total. The molecule has 0 radical (unpaired) electrons. The topological polar surface area (TPSA) is 92.5 Å².